The van der Waals surface area contributed by atoms with Crippen LogP contribution in [0.25, 0.3) is 0 Å². The van der Waals surface area contributed by atoms with Crippen LogP contribution in [-0.4, -0.2) is 63.5 Å². The van der Waals surface area contributed by atoms with Gasteiger partial charge in [0.2, 0.25) is 0 Å². The maximum absolute atomic E-state index is 11.7. The van der Waals surface area contributed by atoms with Gasteiger partial charge >= 0.3 is 7.82 Å². The largest absolute Gasteiger partial charge is 0.472 e. The molecule has 0 aromatic carbocycles. The fraction of sp³-hybridized carbons (Fsp3) is 1.00. The summed E-state index contributed by atoms with van der Waals surface area (Å²) in [5.41, 5.74) is 0. The third-order valence-corrected chi connectivity index (χ3v) is 5.41. The first kappa shape index (κ1) is 27.0. The molecule has 6 nitrogen and oxygen atoms in total. The van der Waals surface area contributed by atoms with Gasteiger partial charge in [-0.2, -0.15) is 0 Å². The van der Waals surface area contributed by atoms with Gasteiger partial charge in [-0.25, -0.2) is 4.57 Å². The maximum atomic E-state index is 11.7. The molecule has 0 amide bonds. The second-order valence-corrected chi connectivity index (χ2v) is 9.75. The summed E-state index contributed by atoms with van der Waals surface area (Å²) in [6.07, 6.45) is 14.4. The summed E-state index contributed by atoms with van der Waals surface area (Å²) in [5.74, 6) is 0. The molecule has 0 aliphatic carbocycles. The van der Waals surface area contributed by atoms with Gasteiger partial charge in [-0.3, -0.25) is 9.05 Å². The SMILES string of the molecule is CCCCCCCCCCCCCOCCOP(=O)(O)OCC[N+](C)(C)C. The van der Waals surface area contributed by atoms with Crippen LogP contribution in [0.3, 0.4) is 0 Å². The lowest BCUT2D eigenvalue weighted by Crippen LogP contribution is -2.37. The van der Waals surface area contributed by atoms with Gasteiger partial charge in [0, 0.05) is 6.61 Å². The summed E-state index contributed by atoms with van der Waals surface area (Å²) in [6.45, 7) is 4.17. The third-order valence-electron chi connectivity index (χ3n) is 4.39. The van der Waals surface area contributed by atoms with E-state index in [1.807, 2.05) is 21.1 Å². The van der Waals surface area contributed by atoms with Gasteiger partial charge < -0.3 is 14.1 Å². The zero-order chi connectivity index (χ0) is 20.4. The molecule has 7 heteroatoms. The van der Waals surface area contributed by atoms with Crippen molar-refractivity contribution >= 4 is 7.82 Å². The Labute approximate surface area is 167 Å². The number of ether oxygens (including phenoxy) is 1. The van der Waals surface area contributed by atoms with Crippen molar-refractivity contribution in [2.45, 2.75) is 77.6 Å². The van der Waals surface area contributed by atoms with Gasteiger partial charge in [0.25, 0.3) is 0 Å². The molecule has 0 saturated carbocycles. The predicted molar refractivity (Wildman–Crippen MR) is 112 cm³/mol. The lowest BCUT2D eigenvalue weighted by atomic mass is 10.1. The fourth-order valence-corrected chi connectivity index (χ4v) is 3.34. The Morgan fingerprint density at radius 3 is 1.70 bits per heavy atom. The Kier molecular flexibility index (Phi) is 17.0. The molecule has 1 unspecified atom stereocenters. The number of hydrogen-bond donors (Lipinski definition) is 1. The van der Waals surface area contributed by atoms with E-state index in [0.29, 0.717) is 24.2 Å². The smallest absolute Gasteiger partial charge is 0.379 e. The minimum Gasteiger partial charge on any atom is -0.379 e. The average molecular weight is 411 g/mol. The van der Waals surface area contributed by atoms with Crippen LogP contribution in [0.2, 0.25) is 0 Å². The molecule has 0 heterocycles. The standard InChI is InChI=1S/C20H44NO5P/c1-5-6-7-8-9-10-11-12-13-14-15-17-24-19-20-26-27(22,23)25-18-16-21(2,3)4/h5-20H2,1-4H3/p+1. The summed E-state index contributed by atoms with van der Waals surface area (Å²) in [6, 6.07) is 0. The highest BCUT2D eigenvalue weighted by Crippen LogP contribution is 2.42. The summed E-state index contributed by atoms with van der Waals surface area (Å²) < 4.78 is 27.7. The van der Waals surface area contributed by atoms with Gasteiger partial charge in [0.15, 0.2) is 0 Å². The number of hydrogen-bond acceptors (Lipinski definition) is 4. The first-order valence-electron chi connectivity index (χ1n) is 10.8. The first-order valence-corrected chi connectivity index (χ1v) is 12.3. The number of nitrogens with zero attached hydrogens (tertiary/aromatic N) is 1. The molecule has 0 rings (SSSR count). The van der Waals surface area contributed by atoms with Gasteiger partial charge in [0.1, 0.15) is 13.2 Å². The van der Waals surface area contributed by atoms with Crippen molar-refractivity contribution < 1.29 is 27.7 Å². The minimum atomic E-state index is -3.96. The first-order chi connectivity index (χ1) is 12.8. The molecular formula is C20H45NO5P+. The number of phosphoric ester groups is 1. The Hall–Kier alpha value is 0.0300. The second-order valence-electron chi connectivity index (χ2n) is 8.30. The normalized spacial score (nSPS) is 14.4. The van der Waals surface area contributed by atoms with Crippen molar-refractivity contribution in [3.05, 3.63) is 0 Å². The molecule has 0 aromatic rings. The zero-order valence-corrected chi connectivity index (χ0v) is 19.2. The molecular weight excluding hydrogens is 365 g/mol. The second kappa shape index (κ2) is 16.9. The van der Waals surface area contributed by atoms with Crippen LogP contribution in [0, 0.1) is 0 Å². The molecule has 0 aliphatic heterocycles. The fourth-order valence-electron chi connectivity index (χ4n) is 2.65. The van der Waals surface area contributed by atoms with E-state index in [1.165, 1.54) is 64.2 Å². The number of likely N-dealkylation sites (N-methyl/N-ethyl adjacent to an activating group) is 1. The van der Waals surface area contributed by atoms with E-state index in [0.717, 1.165) is 6.42 Å². The number of unbranched alkanes of at least 4 members (excludes halogenated alkanes) is 10. The highest BCUT2D eigenvalue weighted by atomic mass is 31.2. The molecule has 0 fully saturated rings. The molecule has 1 atom stereocenters. The third kappa shape index (κ3) is 22.2. The van der Waals surface area contributed by atoms with Gasteiger partial charge in [-0.05, 0) is 6.42 Å². The van der Waals surface area contributed by atoms with Crippen molar-refractivity contribution in [1.29, 1.82) is 0 Å². The van der Waals surface area contributed by atoms with Crippen molar-refractivity contribution in [3.8, 4) is 0 Å². The predicted octanol–water partition coefficient (Wildman–Crippen LogP) is 5.15. The van der Waals surface area contributed by atoms with E-state index in [2.05, 4.69) is 6.92 Å². The van der Waals surface area contributed by atoms with Gasteiger partial charge in [-0.15, -0.1) is 0 Å². The summed E-state index contributed by atoms with van der Waals surface area (Å²) >= 11 is 0. The molecule has 27 heavy (non-hydrogen) atoms. The van der Waals surface area contributed by atoms with Crippen molar-refractivity contribution in [3.63, 3.8) is 0 Å². The van der Waals surface area contributed by atoms with Crippen LogP contribution in [0.4, 0.5) is 0 Å². The van der Waals surface area contributed by atoms with Crippen molar-refractivity contribution in [2.24, 2.45) is 0 Å². The van der Waals surface area contributed by atoms with Crippen LogP contribution in [-0.2, 0) is 18.3 Å². The Balaban J connectivity index is 3.31. The van der Waals surface area contributed by atoms with Crippen LogP contribution >= 0.6 is 7.82 Å². The van der Waals surface area contributed by atoms with Crippen LogP contribution < -0.4 is 0 Å². The van der Waals surface area contributed by atoms with Crippen molar-refractivity contribution in [2.75, 3.05) is 54.1 Å². The van der Waals surface area contributed by atoms with Crippen molar-refractivity contribution in [1.82, 2.24) is 0 Å². The topological polar surface area (TPSA) is 65.0 Å². The van der Waals surface area contributed by atoms with Gasteiger partial charge in [0.05, 0.1) is 34.4 Å². The summed E-state index contributed by atoms with van der Waals surface area (Å²) in [4.78, 5) is 9.56. The molecule has 0 aliphatic rings. The molecule has 0 saturated heterocycles. The Morgan fingerprint density at radius 2 is 1.19 bits per heavy atom. The lowest BCUT2D eigenvalue weighted by molar-refractivity contribution is -0.870. The molecule has 0 radical (unpaired) electrons. The highest BCUT2D eigenvalue weighted by molar-refractivity contribution is 7.47. The Bertz CT molecular complexity index is 374. The maximum Gasteiger partial charge on any atom is 0.472 e. The quantitative estimate of drug-likeness (QED) is 0.171. The van der Waals surface area contributed by atoms with E-state index in [-0.39, 0.29) is 13.2 Å². The van der Waals surface area contributed by atoms with E-state index in [1.54, 1.807) is 0 Å². The average Bonchev–Trinajstić information content (AvgIpc) is 2.57. The number of quaternary nitrogens is 1. The van der Waals surface area contributed by atoms with E-state index in [9.17, 15) is 9.46 Å². The minimum absolute atomic E-state index is 0.0795. The van der Waals surface area contributed by atoms with Gasteiger partial charge in [-0.1, -0.05) is 71.1 Å². The number of phosphoric acid groups is 1. The molecule has 0 spiro atoms. The monoisotopic (exact) mass is 410 g/mol. The molecule has 1 N–H and O–H groups in total. The molecule has 0 bridgehead atoms. The Morgan fingerprint density at radius 1 is 0.704 bits per heavy atom. The molecule has 164 valence electrons. The van der Waals surface area contributed by atoms with Crippen LogP contribution in [0.5, 0.6) is 0 Å². The summed E-state index contributed by atoms with van der Waals surface area (Å²) in [5, 5.41) is 0. The number of rotatable bonds is 20. The lowest BCUT2D eigenvalue weighted by Gasteiger charge is -2.24. The van der Waals surface area contributed by atoms with E-state index >= 15 is 0 Å². The van der Waals surface area contributed by atoms with Crippen LogP contribution in [0.1, 0.15) is 77.6 Å². The van der Waals surface area contributed by atoms with Crippen LogP contribution in [0.15, 0.2) is 0 Å². The zero-order valence-electron chi connectivity index (χ0n) is 18.3. The van der Waals surface area contributed by atoms with E-state index < -0.39 is 7.82 Å². The highest BCUT2D eigenvalue weighted by Gasteiger charge is 2.22. The van der Waals surface area contributed by atoms with E-state index in [4.69, 9.17) is 13.8 Å². The molecule has 0 aromatic heterocycles. The summed E-state index contributed by atoms with van der Waals surface area (Å²) in [7, 11) is 2.03.